The second kappa shape index (κ2) is 8.83. The van der Waals surface area contributed by atoms with E-state index in [0.717, 1.165) is 21.9 Å². The first-order valence-electron chi connectivity index (χ1n) is 12.1. The van der Waals surface area contributed by atoms with Gasteiger partial charge in [-0.3, -0.25) is 19.7 Å². The van der Waals surface area contributed by atoms with Crippen LogP contribution in [0.15, 0.2) is 70.8 Å². The standard InChI is InChI=1S/C27H26N4O4S/c32-23-10-4-9-22-19-12-18(15-30(22)23)14-29(16-19)17-27(13-21-8-5-11-36-21)24(33)28-26(35)31(25(27)34)20-6-2-1-3-7-20/h1-11,18-19H,12-17H2,(H,28,33,35)/t18-,19+,27?/m1/s1. The molecule has 5 heterocycles. The number of pyridine rings is 1. The number of rotatable bonds is 5. The Bertz CT molecular complexity index is 1390. The number of urea groups is 1. The third-order valence-corrected chi connectivity index (χ3v) is 8.47. The average molecular weight is 503 g/mol. The van der Waals surface area contributed by atoms with Crippen LogP contribution < -0.4 is 15.8 Å². The summed E-state index contributed by atoms with van der Waals surface area (Å²) in [6.45, 7) is 2.17. The second-order valence-corrected chi connectivity index (χ2v) is 11.0. The van der Waals surface area contributed by atoms with Crippen molar-refractivity contribution >= 4 is 34.9 Å². The van der Waals surface area contributed by atoms with Gasteiger partial charge in [-0.15, -0.1) is 11.3 Å². The van der Waals surface area contributed by atoms with Gasteiger partial charge in [-0.1, -0.05) is 30.3 Å². The molecule has 3 atom stereocenters. The molecule has 9 heteroatoms. The maximum Gasteiger partial charge on any atom is 0.335 e. The van der Waals surface area contributed by atoms with Gasteiger partial charge in [-0.2, -0.15) is 0 Å². The number of anilines is 1. The Labute approximate surface area is 212 Å². The number of barbiturate groups is 1. The highest BCUT2D eigenvalue weighted by Crippen LogP contribution is 2.39. The van der Waals surface area contributed by atoms with Crippen molar-refractivity contribution in [1.29, 1.82) is 0 Å². The largest absolute Gasteiger partial charge is 0.335 e. The van der Waals surface area contributed by atoms with Crippen LogP contribution in [0, 0.1) is 11.3 Å². The molecule has 8 nitrogen and oxygen atoms in total. The van der Waals surface area contributed by atoms with E-state index in [9.17, 15) is 19.2 Å². The summed E-state index contributed by atoms with van der Waals surface area (Å²) < 4.78 is 1.87. The van der Waals surface area contributed by atoms with Crippen molar-refractivity contribution in [2.75, 3.05) is 24.5 Å². The van der Waals surface area contributed by atoms with Crippen molar-refractivity contribution in [2.45, 2.75) is 25.3 Å². The first-order valence-corrected chi connectivity index (χ1v) is 13.0. The topological polar surface area (TPSA) is 91.7 Å². The summed E-state index contributed by atoms with van der Waals surface area (Å²) in [4.78, 5) is 57.2. The minimum Gasteiger partial charge on any atom is -0.312 e. The number of likely N-dealkylation sites (tertiary alicyclic amines) is 1. The van der Waals surface area contributed by atoms with Gasteiger partial charge in [0.1, 0.15) is 5.41 Å². The molecule has 184 valence electrons. The zero-order valence-corrected chi connectivity index (χ0v) is 20.4. The summed E-state index contributed by atoms with van der Waals surface area (Å²) >= 11 is 1.50. The minimum atomic E-state index is -1.45. The van der Waals surface area contributed by atoms with Gasteiger partial charge >= 0.3 is 6.03 Å². The van der Waals surface area contributed by atoms with E-state index in [4.69, 9.17) is 0 Å². The van der Waals surface area contributed by atoms with E-state index in [1.165, 1.54) is 11.3 Å². The maximum atomic E-state index is 14.1. The van der Waals surface area contributed by atoms with Crippen molar-refractivity contribution in [3.63, 3.8) is 0 Å². The molecule has 3 aliphatic rings. The Morgan fingerprint density at radius 1 is 0.917 bits per heavy atom. The van der Waals surface area contributed by atoms with E-state index in [2.05, 4.69) is 10.2 Å². The van der Waals surface area contributed by atoms with E-state index in [0.29, 0.717) is 25.3 Å². The molecule has 2 fully saturated rings. The molecule has 4 amide bonds. The van der Waals surface area contributed by atoms with Gasteiger partial charge in [0, 0.05) is 55.2 Å². The monoisotopic (exact) mass is 502 g/mol. The summed E-state index contributed by atoms with van der Waals surface area (Å²) in [5.74, 6) is -0.642. The van der Waals surface area contributed by atoms with E-state index < -0.39 is 23.3 Å². The number of carbonyl (C=O) groups is 3. The number of para-hydroxylation sites is 1. The molecule has 36 heavy (non-hydrogen) atoms. The number of carbonyl (C=O) groups excluding carboxylic acids is 3. The molecule has 0 aliphatic carbocycles. The van der Waals surface area contributed by atoms with Crippen LogP contribution in [-0.2, 0) is 22.6 Å². The van der Waals surface area contributed by atoms with Gasteiger partial charge in [0.2, 0.25) is 5.91 Å². The fourth-order valence-electron chi connectivity index (χ4n) is 6.06. The number of thiophene rings is 1. The summed E-state index contributed by atoms with van der Waals surface area (Å²) in [6, 6.07) is 17.2. The normalized spacial score (nSPS) is 26.0. The van der Waals surface area contributed by atoms with Crippen molar-refractivity contribution in [3.05, 3.63) is 87.0 Å². The number of hydrogen-bond acceptors (Lipinski definition) is 6. The number of amides is 4. The van der Waals surface area contributed by atoms with Crippen molar-refractivity contribution in [3.8, 4) is 0 Å². The van der Waals surface area contributed by atoms with Crippen LogP contribution in [0.5, 0.6) is 0 Å². The smallest absolute Gasteiger partial charge is 0.312 e. The van der Waals surface area contributed by atoms with Crippen LogP contribution in [0.4, 0.5) is 10.5 Å². The lowest BCUT2D eigenvalue weighted by atomic mass is 9.77. The van der Waals surface area contributed by atoms with Gasteiger partial charge in [0.25, 0.3) is 11.5 Å². The Kier molecular flexibility index (Phi) is 5.61. The summed E-state index contributed by atoms with van der Waals surface area (Å²) in [7, 11) is 0. The number of imide groups is 2. The Morgan fingerprint density at radius 2 is 1.75 bits per heavy atom. The zero-order valence-electron chi connectivity index (χ0n) is 19.6. The molecule has 0 radical (unpaired) electrons. The van der Waals surface area contributed by atoms with Crippen LogP contribution in [0.1, 0.15) is 22.9 Å². The van der Waals surface area contributed by atoms with Gasteiger partial charge in [0.05, 0.1) is 5.69 Å². The molecule has 0 spiro atoms. The Hall–Kier alpha value is -3.56. The highest BCUT2D eigenvalue weighted by Gasteiger charge is 2.56. The summed E-state index contributed by atoms with van der Waals surface area (Å²) in [5, 5.41) is 4.41. The third kappa shape index (κ3) is 3.79. The molecule has 1 unspecified atom stereocenters. The number of hydrogen-bond donors (Lipinski definition) is 1. The van der Waals surface area contributed by atoms with Crippen LogP contribution in [-0.4, -0.2) is 46.9 Å². The minimum absolute atomic E-state index is 0.0173. The van der Waals surface area contributed by atoms with E-state index in [1.54, 1.807) is 36.4 Å². The molecular formula is C27H26N4O4S. The fourth-order valence-corrected chi connectivity index (χ4v) is 6.87. The SMILES string of the molecule is O=C1NC(=O)C(Cc2cccs2)(CN2C[C@H]3C[C@@H](C2)c2cccc(=O)n2C3)C(=O)N1c1ccccc1. The number of nitrogens with one attached hydrogen (secondary N) is 1. The molecule has 6 rings (SSSR count). The van der Waals surface area contributed by atoms with Gasteiger partial charge in [-0.05, 0) is 42.0 Å². The first-order chi connectivity index (χ1) is 17.4. The molecule has 2 aromatic heterocycles. The van der Waals surface area contributed by atoms with Crippen LogP contribution >= 0.6 is 11.3 Å². The number of aromatic nitrogens is 1. The summed E-state index contributed by atoms with van der Waals surface area (Å²) in [6.07, 6.45) is 1.19. The van der Waals surface area contributed by atoms with Gasteiger partial charge in [-0.25, -0.2) is 9.69 Å². The lowest BCUT2D eigenvalue weighted by Crippen LogP contribution is -2.68. The Morgan fingerprint density at radius 3 is 2.53 bits per heavy atom. The van der Waals surface area contributed by atoms with E-state index in [-0.39, 0.29) is 30.4 Å². The highest BCUT2D eigenvalue weighted by molar-refractivity contribution is 7.09. The molecular weight excluding hydrogens is 476 g/mol. The second-order valence-electron chi connectivity index (χ2n) is 9.97. The lowest BCUT2D eigenvalue weighted by molar-refractivity contribution is -0.144. The van der Waals surface area contributed by atoms with Crippen molar-refractivity contribution < 1.29 is 14.4 Å². The molecule has 0 saturated carbocycles. The molecule has 2 bridgehead atoms. The predicted octanol–water partition coefficient (Wildman–Crippen LogP) is 2.84. The molecule has 3 aromatic rings. The molecule has 1 aromatic carbocycles. The van der Waals surface area contributed by atoms with Crippen LogP contribution in [0.3, 0.4) is 0 Å². The average Bonchev–Trinajstić information content (AvgIpc) is 3.37. The number of nitrogens with zero attached hydrogens (tertiary/aromatic N) is 3. The first kappa shape index (κ1) is 22.9. The van der Waals surface area contributed by atoms with Crippen molar-refractivity contribution in [2.24, 2.45) is 11.3 Å². The molecule has 1 N–H and O–H groups in total. The third-order valence-electron chi connectivity index (χ3n) is 7.59. The van der Waals surface area contributed by atoms with Crippen molar-refractivity contribution in [1.82, 2.24) is 14.8 Å². The maximum absolute atomic E-state index is 14.1. The Balaban J connectivity index is 1.36. The number of piperidine rings is 1. The number of fused-ring (bicyclic) bond motifs is 4. The highest BCUT2D eigenvalue weighted by atomic mass is 32.1. The number of benzene rings is 1. The fraction of sp³-hybridized carbons (Fsp3) is 0.333. The predicted molar refractivity (Wildman–Crippen MR) is 136 cm³/mol. The summed E-state index contributed by atoms with van der Waals surface area (Å²) in [5.41, 5.74) is 0.0168. The van der Waals surface area contributed by atoms with Crippen LogP contribution in [0.25, 0.3) is 0 Å². The lowest BCUT2D eigenvalue weighted by Gasteiger charge is -2.47. The zero-order chi connectivity index (χ0) is 24.9. The van der Waals surface area contributed by atoms with E-state index in [1.807, 2.05) is 34.2 Å². The molecule has 2 saturated heterocycles. The van der Waals surface area contributed by atoms with E-state index >= 15 is 0 Å². The van der Waals surface area contributed by atoms with Gasteiger partial charge < -0.3 is 9.47 Å². The van der Waals surface area contributed by atoms with Gasteiger partial charge in [0.15, 0.2) is 0 Å². The molecule has 3 aliphatic heterocycles. The quantitative estimate of drug-likeness (QED) is 0.542. The van der Waals surface area contributed by atoms with Crippen LogP contribution in [0.2, 0.25) is 0 Å².